The number of ether oxygens (including phenoxy) is 2. The highest BCUT2D eigenvalue weighted by atomic mass is 16.5. The Balaban J connectivity index is 1.95. The van der Waals surface area contributed by atoms with E-state index >= 15 is 0 Å². The Morgan fingerprint density at radius 1 is 1.35 bits per heavy atom. The summed E-state index contributed by atoms with van der Waals surface area (Å²) in [6.07, 6.45) is 4.38. The summed E-state index contributed by atoms with van der Waals surface area (Å²) in [4.78, 5) is 4.37. The number of aromatic nitrogens is 2. The molecular formula is C14H25N3O3. The Hall–Kier alpha value is -0.980. The first-order chi connectivity index (χ1) is 9.32. The van der Waals surface area contributed by atoms with Gasteiger partial charge in [-0.05, 0) is 40.0 Å². The van der Waals surface area contributed by atoms with E-state index in [1.54, 1.807) is 7.11 Å². The fourth-order valence-corrected chi connectivity index (χ4v) is 1.89. The van der Waals surface area contributed by atoms with E-state index in [1.165, 1.54) is 6.42 Å². The highest BCUT2D eigenvalue weighted by Gasteiger charge is 2.31. The van der Waals surface area contributed by atoms with Crippen LogP contribution in [0.2, 0.25) is 0 Å². The van der Waals surface area contributed by atoms with Crippen molar-refractivity contribution in [2.45, 2.75) is 63.7 Å². The second kappa shape index (κ2) is 5.79. The van der Waals surface area contributed by atoms with Gasteiger partial charge in [-0.15, -0.1) is 0 Å². The lowest BCUT2D eigenvalue weighted by molar-refractivity contribution is -0.0222. The molecule has 0 bridgehead atoms. The Morgan fingerprint density at radius 2 is 2.05 bits per heavy atom. The summed E-state index contributed by atoms with van der Waals surface area (Å²) in [5.74, 6) is 1.02. The number of hydrogen-bond donors (Lipinski definition) is 1. The first-order valence-electron chi connectivity index (χ1n) is 7.11. The molecule has 6 nitrogen and oxygen atoms in total. The maximum absolute atomic E-state index is 6.23. The average Bonchev–Trinajstić information content (AvgIpc) is 2.75. The lowest BCUT2D eigenvalue weighted by atomic mass is 9.95. The Bertz CT molecular complexity index is 439. The topological polar surface area (TPSA) is 83.4 Å². The summed E-state index contributed by atoms with van der Waals surface area (Å²) < 4.78 is 16.4. The maximum atomic E-state index is 6.23. The molecule has 1 heterocycles. The molecule has 1 unspecified atom stereocenters. The summed E-state index contributed by atoms with van der Waals surface area (Å²) in [5, 5.41) is 3.98. The van der Waals surface area contributed by atoms with Crippen molar-refractivity contribution in [2.24, 2.45) is 5.73 Å². The zero-order valence-electron chi connectivity index (χ0n) is 12.8. The van der Waals surface area contributed by atoms with Crippen molar-refractivity contribution in [1.29, 1.82) is 0 Å². The molecule has 20 heavy (non-hydrogen) atoms. The van der Waals surface area contributed by atoms with Crippen LogP contribution in [0.5, 0.6) is 0 Å². The lowest BCUT2D eigenvalue weighted by Gasteiger charge is -2.29. The molecule has 0 aliphatic heterocycles. The SMILES string of the molecule is COC(C)(C)Cc1nc(C(C)(N)COC2CCC2)no1. The molecule has 0 aromatic carbocycles. The summed E-state index contributed by atoms with van der Waals surface area (Å²) >= 11 is 0. The number of methoxy groups -OCH3 is 1. The first-order valence-corrected chi connectivity index (χ1v) is 7.11. The van der Waals surface area contributed by atoms with Crippen molar-refractivity contribution in [1.82, 2.24) is 10.1 Å². The van der Waals surface area contributed by atoms with E-state index in [1.807, 2.05) is 20.8 Å². The predicted octanol–water partition coefficient (Wildman–Crippen LogP) is 1.78. The summed E-state index contributed by atoms with van der Waals surface area (Å²) in [5.41, 5.74) is 5.17. The minimum absolute atomic E-state index is 0.336. The van der Waals surface area contributed by atoms with Crippen LogP contribution in [-0.4, -0.2) is 35.6 Å². The summed E-state index contributed by atoms with van der Waals surface area (Å²) in [6, 6.07) is 0. The molecule has 2 rings (SSSR count). The van der Waals surface area contributed by atoms with Crippen LogP contribution in [0.1, 0.15) is 51.7 Å². The minimum Gasteiger partial charge on any atom is -0.378 e. The van der Waals surface area contributed by atoms with Gasteiger partial charge in [0.1, 0.15) is 5.54 Å². The molecule has 0 spiro atoms. The van der Waals surface area contributed by atoms with Gasteiger partial charge in [0.05, 0.1) is 24.7 Å². The Morgan fingerprint density at radius 3 is 2.60 bits per heavy atom. The lowest BCUT2D eigenvalue weighted by Crippen LogP contribution is -2.41. The van der Waals surface area contributed by atoms with Crippen LogP contribution in [0.15, 0.2) is 4.52 Å². The fourth-order valence-electron chi connectivity index (χ4n) is 1.89. The van der Waals surface area contributed by atoms with Crippen molar-refractivity contribution in [3.8, 4) is 0 Å². The van der Waals surface area contributed by atoms with Crippen LogP contribution in [-0.2, 0) is 21.4 Å². The van der Waals surface area contributed by atoms with Crippen LogP contribution in [0, 0.1) is 0 Å². The van der Waals surface area contributed by atoms with E-state index in [-0.39, 0.29) is 5.60 Å². The van der Waals surface area contributed by atoms with Gasteiger partial charge in [0.2, 0.25) is 5.89 Å². The van der Waals surface area contributed by atoms with Gasteiger partial charge in [-0.1, -0.05) is 5.16 Å². The van der Waals surface area contributed by atoms with Gasteiger partial charge in [0, 0.05) is 7.11 Å². The second-order valence-corrected chi connectivity index (χ2v) is 6.43. The van der Waals surface area contributed by atoms with Crippen LogP contribution >= 0.6 is 0 Å². The van der Waals surface area contributed by atoms with Crippen LogP contribution < -0.4 is 5.73 Å². The number of nitrogens with zero attached hydrogens (tertiary/aromatic N) is 2. The third kappa shape index (κ3) is 3.77. The van der Waals surface area contributed by atoms with Crippen LogP contribution in [0.3, 0.4) is 0 Å². The molecule has 1 aromatic heterocycles. The fraction of sp³-hybridized carbons (Fsp3) is 0.857. The van der Waals surface area contributed by atoms with Crippen molar-refractivity contribution in [3.63, 3.8) is 0 Å². The first kappa shape index (κ1) is 15.4. The van der Waals surface area contributed by atoms with E-state index in [9.17, 15) is 0 Å². The maximum Gasteiger partial charge on any atom is 0.229 e. The molecule has 1 atom stereocenters. The molecule has 1 saturated carbocycles. The number of nitrogens with two attached hydrogens (primary N) is 1. The van der Waals surface area contributed by atoms with E-state index < -0.39 is 5.54 Å². The van der Waals surface area contributed by atoms with Gasteiger partial charge >= 0.3 is 0 Å². The molecular weight excluding hydrogens is 258 g/mol. The molecule has 1 fully saturated rings. The van der Waals surface area contributed by atoms with Gasteiger partial charge in [-0.2, -0.15) is 4.98 Å². The van der Waals surface area contributed by atoms with Crippen molar-refractivity contribution >= 4 is 0 Å². The van der Waals surface area contributed by atoms with Gasteiger partial charge in [-0.25, -0.2) is 0 Å². The highest BCUT2D eigenvalue weighted by molar-refractivity contribution is 5.03. The molecule has 114 valence electrons. The third-order valence-corrected chi connectivity index (χ3v) is 3.78. The van der Waals surface area contributed by atoms with Crippen LogP contribution in [0.25, 0.3) is 0 Å². The molecule has 0 amide bonds. The van der Waals surface area contributed by atoms with E-state index in [4.69, 9.17) is 19.7 Å². The molecule has 2 N–H and O–H groups in total. The van der Waals surface area contributed by atoms with Gasteiger partial charge in [0.25, 0.3) is 0 Å². The summed E-state index contributed by atoms with van der Waals surface area (Å²) in [7, 11) is 1.66. The van der Waals surface area contributed by atoms with Crippen molar-refractivity contribution < 1.29 is 14.0 Å². The Kier molecular flexibility index (Phi) is 4.46. The zero-order valence-corrected chi connectivity index (χ0v) is 12.8. The van der Waals surface area contributed by atoms with E-state index in [0.29, 0.717) is 30.8 Å². The minimum atomic E-state index is -0.728. The largest absolute Gasteiger partial charge is 0.378 e. The Labute approximate surface area is 120 Å². The zero-order chi connectivity index (χ0) is 14.8. The van der Waals surface area contributed by atoms with E-state index in [0.717, 1.165) is 12.8 Å². The monoisotopic (exact) mass is 283 g/mol. The number of hydrogen-bond acceptors (Lipinski definition) is 6. The van der Waals surface area contributed by atoms with Gasteiger partial charge in [0.15, 0.2) is 5.82 Å². The molecule has 1 aromatic rings. The predicted molar refractivity (Wildman–Crippen MR) is 74.2 cm³/mol. The van der Waals surface area contributed by atoms with Gasteiger partial charge in [-0.3, -0.25) is 0 Å². The van der Waals surface area contributed by atoms with Gasteiger partial charge < -0.3 is 19.7 Å². The van der Waals surface area contributed by atoms with Crippen LogP contribution in [0.4, 0.5) is 0 Å². The molecule has 6 heteroatoms. The quantitative estimate of drug-likeness (QED) is 0.821. The van der Waals surface area contributed by atoms with Crippen molar-refractivity contribution in [2.75, 3.05) is 13.7 Å². The third-order valence-electron chi connectivity index (χ3n) is 3.78. The highest BCUT2D eigenvalue weighted by Crippen LogP contribution is 2.25. The molecule has 0 radical (unpaired) electrons. The normalized spacial score (nSPS) is 19.6. The average molecular weight is 283 g/mol. The molecule has 1 aliphatic rings. The molecule has 1 aliphatic carbocycles. The second-order valence-electron chi connectivity index (χ2n) is 6.43. The smallest absolute Gasteiger partial charge is 0.229 e. The standard InChI is InChI=1S/C14H25N3O3/c1-13(2,18-4)8-11-16-12(17-20-11)14(3,15)9-19-10-6-5-7-10/h10H,5-9,15H2,1-4H3. The van der Waals surface area contributed by atoms with Crippen molar-refractivity contribution in [3.05, 3.63) is 11.7 Å². The molecule has 0 saturated heterocycles. The van der Waals surface area contributed by atoms with E-state index in [2.05, 4.69) is 10.1 Å². The summed E-state index contributed by atoms with van der Waals surface area (Å²) in [6.45, 7) is 6.21. The number of rotatable bonds is 7.